The standard InChI is InChI=1S/C23H22N4O2S/c1-15(2)29-18-6-4-5-16(11-18)19-12-17(13-20-23(19)26-10-9-25-20)27-21-14-24-8-7-22(21)30(3)28/h4-15,27H,1-3H3. The van der Waals surface area contributed by atoms with E-state index in [1.54, 1.807) is 37.1 Å². The first-order chi connectivity index (χ1) is 14.5. The van der Waals surface area contributed by atoms with Crippen molar-refractivity contribution >= 4 is 33.2 Å². The fourth-order valence-corrected chi connectivity index (χ4v) is 3.92. The van der Waals surface area contributed by atoms with Gasteiger partial charge in [0.25, 0.3) is 0 Å². The summed E-state index contributed by atoms with van der Waals surface area (Å²) in [6, 6.07) is 13.6. The second-order valence-electron chi connectivity index (χ2n) is 7.09. The predicted molar refractivity (Wildman–Crippen MR) is 121 cm³/mol. The molecular weight excluding hydrogens is 396 g/mol. The molecule has 2 aromatic carbocycles. The van der Waals surface area contributed by atoms with Crippen molar-refractivity contribution in [3.63, 3.8) is 0 Å². The summed E-state index contributed by atoms with van der Waals surface area (Å²) in [5, 5.41) is 3.35. The van der Waals surface area contributed by atoms with E-state index in [0.717, 1.165) is 33.6 Å². The largest absolute Gasteiger partial charge is 0.491 e. The number of pyridine rings is 1. The average molecular weight is 419 g/mol. The number of hydrogen-bond donors (Lipinski definition) is 1. The molecule has 0 aliphatic carbocycles. The molecule has 1 N–H and O–H groups in total. The molecule has 0 fully saturated rings. The maximum absolute atomic E-state index is 12.1. The first kappa shape index (κ1) is 20.0. The summed E-state index contributed by atoms with van der Waals surface area (Å²) in [6.07, 6.45) is 8.41. The maximum Gasteiger partial charge on any atom is 0.120 e. The SMILES string of the molecule is CC(C)Oc1cccc(-c2cc(Nc3cnccc3S(C)=O)cc3nccnc23)c1. The van der Waals surface area contributed by atoms with Crippen LogP contribution in [0.4, 0.5) is 11.4 Å². The zero-order valence-electron chi connectivity index (χ0n) is 17.0. The van der Waals surface area contributed by atoms with E-state index >= 15 is 0 Å². The highest BCUT2D eigenvalue weighted by Crippen LogP contribution is 2.33. The van der Waals surface area contributed by atoms with Gasteiger partial charge in [-0.25, -0.2) is 0 Å². The monoisotopic (exact) mass is 418 g/mol. The van der Waals surface area contributed by atoms with Crippen LogP contribution in [0.2, 0.25) is 0 Å². The van der Waals surface area contributed by atoms with Gasteiger partial charge in [-0.05, 0) is 49.7 Å². The van der Waals surface area contributed by atoms with E-state index in [0.29, 0.717) is 10.6 Å². The van der Waals surface area contributed by atoms with E-state index in [9.17, 15) is 4.21 Å². The van der Waals surface area contributed by atoms with E-state index in [4.69, 9.17) is 4.74 Å². The number of nitrogens with zero attached hydrogens (tertiary/aromatic N) is 3. The third kappa shape index (κ3) is 4.31. The third-order valence-electron chi connectivity index (χ3n) is 4.46. The van der Waals surface area contributed by atoms with Crippen molar-refractivity contribution in [3.8, 4) is 16.9 Å². The molecule has 152 valence electrons. The lowest BCUT2D eigenvalue weighted by molar-refractivity contribution is 0.242. The molecular formula is C23H22N4O2S. The predicted octanol–water partition coefficient (Wildman–Crippen LogP) is 4.96. The maximum atomic E-state index is 12.1. The molecule has 4 aromatic rings. The van der Waals surface area contributed by atoms with Crippen molar-refractivity contribution in [2.75, 3.05) is 11.6 Å². The number of ether oxygens (including phenoxy) is 1. The van der Waals surface area contributed by atoms with Crippen molar-refractivity contribution in [1.82, 2.24) is 15.0 Å². The molecule has 1 atom stereocenters. The lowest BCUT2D eigenvalue weighted by atomic mass is 10.0. The van der Waals surface area contributed by atoms with Crippen LogP contribution in [-0.2, 0) is 10.8 Å². The minimum absolute atomic E-state index is 0.0868. The van der Waals surface area contributed by atoms with Crippen LogP contribution in [0.25, 0.3) is 22.2 Å². The van der Waals surface area contributed by atoms with Crippen LogP contribution in [0.5, 0.6) is 5.75 Å². The molecule has 0 aliphatic heterocycles. The van der Waals surface area contributed by atoms with E-state index in [1.165, 1.54) is 0 Å². The fourth-order valence-electron chi connectivity index (χ4n) is 3.26. The van der Waals surface area contributed by atoms with Gasteiger partial charge in [-0.1, -0.05) is 12.1 Å². The lowest BCUT2D eigenvalue weighted by Crippen LogP contribution is -2.05. The quantitative estimate of drug-likeness (QED) is 0.477. The Morgan fingerprint density at radius 1 is 1.03 bits per heavy atom. The molecule has 0 spiro atoms. The van der Waals surface area contributed by atoms with Crippen molar-refractivity contribution < 1.29 is 8.95 Å². The molecule has 0 radical (unpaired) electrons. The molecule has 1 unspecified atom stereocenters. The highest BCUT2D eigenvalue weighted by Gasteiger charge is 2.12. The summed E-state index contributed by atoms with van der Waals surface area (Å²) < 4.78 is 18.0. The molecule has 6 nitrogen and oxygen atoms in total. The van der Waals surface area contributed by atoms with Gasteiger partial charge in [-0.2, -0.15) is 0 Å². The zero-order chi connectivity index (χ0) is 21.1. The summed E-state index contributed by atoms with van der Waals surface area (Å²) in [7, 11) is -1.14. The van der Waals surface area contributed by atoms with Crippen LogP contribution in [0, 0.1) is 0 Å². The average Bonchev–Trinajstić information content (AvgIpc) is 2.73. The summed E-state index contributed by atoms with van der Waals surface area (Å²) in [5.74, 6) is 0.800. The van der Waals surface area contributed by atoms with Gasteiger partial charge in [0.2, 0.25) is 0 Å². The van der Waals surface area contributed by atoms with Crippen LogP contribution >= 0.6 is 0 Å². The van der Waals surface area contributed by atoms with Gasteiger partial charge in [0.05, 0.1) is 44.7 Å². The van der Waals surface area contributed by atoms with E-state index in [-0.39, 0.29) is 6.10 Å². The van der Waals surface area contributed by atoms with Crippen molar-refractivity contribution in [3.05, 3.63) is 67.3 Å². The van der Waals surface area contributed by atoms with E-state index in [1.807, 2.05) is 50.2 Å². The topological polar surface area (TPSA) is 77.0 Å². The smallest absolute Gasteiger partial charge is 0.120 e. The number of hydrogen-bond acceptors (Lipinski definition) is 6. The van der Waals surface area contributed by atoms with Crippen LogP contribution < -0.4 is 10.1 Å². The van der Waals surface area contributed by atoms with Crippen molar-refractivity contribution in [2.24, 2.45) is 0 Å². The highest BCUT2D eigenvalue weighted by molar-refractivity contribution is 7.84. The number of anilines is 2. The molecule has 0 amide bonds. The Hall–Kier alpha value is -3.32. The van der Waals surface area contributed by atoms with Gasteiger partial charge in [0.1, 0.15) is 5.75 Å². The Kier molecular flexibility index (Phi) is 5.72. The van der Waals surface area contributed by atoms with Crippen LogP contribution in [0.15, 0.2) is 72.1 Å². The van der Waals surface area contributed by atoms with E-state index in [2.05, 4.69) is 20.3 Å². The Balaban J connectivity index is 1.82. The minimum atomic E-state index is -1.14. The Morgan fingerprint density at radius 3 is 2.67 bits per heavy atom. The molecule has 0 bridgehead atoms. The van der Waals surface area contributed by atoms with Crippen LogP contribution in [0.3, 0.4) is 0 Å². The van der Waals surface area contributed by atoms with Crippen molar-refractivity contribution in [2.45, 2.75) is 24.8 Å². The summed E-state index contributed by atoms with van der Waals surface area (Å²) in [6.45, 7) is 4.00. The molecule has 4 rings (SSSR count). The summed E-state index contributed by atoms with van der Waals surface area (Å²) in [4.78, 5) is 13.9. The van der Waals surface area contributed by atoms with Crippen LogP contribution in [0.1, 0.15) is 13.8 Å². The first-order valence-electron chi connectivity index (χ1n) is 9.57. The summed E-state index contributed by atoms with van der Waals surface area (Å²) >= 11 is 0. The molecule has 7 heteroatoms. The normalized spacial score (nSPS) is 12.1. The number of nitrogens with one attached hydrogen (secondary N) is 1. The minimum Gasteiger partial charge on any atom is -0.491 e. The molecule has 2 heterocycles. The molecule has 2 aromatic heterocycles. The lowest BCUT2D eigenvalue weighted by Gasteiger charge is -2.14. The van der Waals surface area contributed by atoms with Crippen molar-refractivity contribution in [1.29, 1.82) is 0 Å². The second kappa shape index (κ2) is 8.59. The van der Waals surface area contributed by atoms with Gasteiger partial charge in [0, 0.05) is 36.1 Å². The van der Waals surface area contributed by atoms with Gasteiger partial charge in [0.15, 0.2) is 0 Å². The Labute approximate surface area is 177 Å². The number of rotatable bonds is 6. The number of aromatic nitrogens is 3. The Morgan fingerprint density at radius 2 is 1.87 bits per heavy atom. The fraction of sp³-hybridized carbons (Fsp3) is 0.174. The number of fused-ring (bicyclic) bond motifs is 1. The Bertz CT molecular complexity index is 1230. The molecule has 30 heavy (non-hydrogen) atoms. The van der Waals surface area contributed by atoms with E-state index < -0.39 is 10.8 Å². The first-order valence-corrected chi connectivity index (χ1v) is 11.1. The molecule has 0 saturated carbocycles. The van der Waals surface area contributed by atoms with Gasteiger partial charge < -0.3 is 10.1 Å². The van der Waals surface area contributed by atoms with Gasteiger partial charge in [-0.15, -0.1) is 0 Å². The molecule has 0 saturated heterocycles. The highest BCUT2D eigenvalue weighted by atomic mass is 32.2. The molecule has 0 aliphatic rings. The second-order valence-corrected chi connectivity index (χ2v) is 8.44. The van der Waals surface area contributed by atoms with Gasteiger partial charge in [-0.3, -0.25) is 19.2 Å². The number of benzene rings is 2. The zero-order valence-corrected chi connectivity index (χ0v) is 17.8. The third-order valence-corrected chi connectivity index (χ3v) is 5.44. The van der Waals surface area contributed by atoms with Crippen LogP contribution in [-0.4, -0.2) is 31.5 Å². The van der Waals surface area contributed by atoms with Gasteiger partial charge >= 0.3 is 0 Å². The summed E-state index contributed by atoms with van der Waals surface area (Å²) in [5.41, 5.74) is 4.98.